The first-order valence-electron chi connectivity index (χ1n) is 8.66. The molecule has 0 unspecified atom stereocenters. The molecule has 0 saturated heterocycles. The molecule has 0 fully saturated rings. The largest absolute Gasteiger partial charge is 0.356 e. The Morgan fingerprint density at radius 3 is 2.61 bits per heavy atom. The van der Waals surface area contributed by atoms with E-state index in [1.165, 1.54) is 6.08 Å². The number of carbonyl (C=O) groups excluding carboxylic acids is 1. The summed E-state index contributed by atoms with van der Waals surface area (Å²) in [5.41, 5.74) is 3.57. The van der Waals surface area contributed by atoms with Crippen LogP contribution in [0.25, 0.3) is 17.4 Å². The molecule has 1 aliphatic rings. The zero-order valence-corrected chi connectivity index (χ0v) is 16.9. The van der Waals surface area contributed by atoms with Crippen LogP contribution in [0.1, 0.15) is 16.8 Å². The maximum atomic E-state index is 12.6. The molecule has 0 N–H and O–H groups in total. The van der Waals surface area contributed by atoms with Crippen LogP contribution < -0.4 is 0 Å². The minimum atomic E-state index is -0.0900. The van der Waals surface area contributed by atoms with Crippen molar-refractivity contribution in [3.05, 3.63) is 80.4 Å². The maximum absolute atomic E-state index is 12.6. The number of aromatic nitrogens is 1. The average Bonchev–Trinajstić information content (AvgIpc) is 3.12. The molecule has 0 saturated carbocycles. The van der Waals surface area contributed by atoms with E-state index in [4.69, 9.17) is 39.3 Å². The minimum Gasteiger partial charge on any atom is -0.356 e. The molecule has 4 nitrogen and oxygen atoms in total. The Balaban J connectivity index is 1.48. The molecule has 1 amide bonds. The van der Waals surface area contributed by atoms with E-state index < -0.39 is 0 Å². The summed E-state index contributed by atoms with van der Waals surface area (Å²) in [5.74, 6) is 0.651. The number of carbonyl (C=O) groups is 1. The molecule has 142 valence electrons. The van der Waals surface area contributed by atoms with Gasteiger partial charge in [-0.3, -0.25) is 4.79 Å². The van der Waals surface area contributed by atoms with Crippen LogP contribution in [0.3, 0.4) is 0 Å². The summed E-state index contributed by atoms with van der Waals surface area (Å²) in [5, 5.41) is 5.78. The first-order chi connectivity index (χ1) is 13.5. The number of benzene rings is 2. The summed E-state index contributed by atoms with van der Waals surface area (Å²) in [4.78, 5) is 14.3. The first-order valence-corrected chi connectivity index (χ1v) is 9.80. The molecule has 0 bridgehead atoms. The van der Waals surface area contributed by atoms with Crippen LogP contribution in [0.15, 0.2) is 53.1 Å². The van der Waals surface area contributed by atoms with Gasteiger partial charge in [0.25, 0.3) is 0 Å². The van der Waals surface area contributed by atoms with Gasteiger partial charge in [0, 0.05) is 28.8 Å². The summed E-state index contributed by atoms with van der Waals surface area (Å²) in [6.45, 7) is 1.01. The Bertz CT molecular complexity index is 1060. The second-order valence-electron chi connectivity index (χ2n) is 6.46. The number of halogens is 3. The predicted octanol–water partition coefficient (Wildman–Crippen LogP) is 5.90. The van der Waals surface area contributed by atoms with Crippen molar-refractivity contribution in [1.29, 1.82) is 0 Å². The van der Waals surface area contributed by atoms with E-state index in [-0.39, 0.29) is 5.91 Å². The van der Waals surface area contributed by atoms with Gasteiger partial charge in [-0.25, -0.2) is 0 Å². The molecule has 0 atom stereocenters. The van der Waals surface area contributed by atoms with Gasteiger partial charge >= 0.3 is 0 Å². The molecular weight excluding hydrogens is 419 g/mol. The molecule has 3 aromatic rings. The van der Waals surface area contributed by atoms with Crippen LogP contribution in [0.4, 0.5) is 0 Å². The smallest absolute Gasteiger partial charge is 0.246 e. The fourth-order valence-electron chi connectivity index (χ4n) is 3.14. The van der Waals surface area contributed by atoms with Gasteiger partial charge in [0.2, 0.25) is 5.91 Å². The fourth-order valence-corrected chi connectivity index (χ4v) is 3.57. The molecule has 0 spiro atoms. The first kappa shape index (κ1) is 19.1. The van der Waals surface area contributed by atoms with E-state index in [1.807, 2.05) is 30.3 Å². The third-order valence-corrected chi connectivity index (χ3v) is 5.61. The average molecular weight is 434 g/mol. The van der Waals surface area contributed by atoms with Crippen molar-refractivity contribution in [2.75, 3.05) is 6.54 Å². The molecule has 0 radical (unpaired) electrons. The molecule has 2 heterocycles. The molecular formula is C21H15Cl3N2O2. The highest BCUT2D eigenvalue weighted by molar-refractivity contribution is 6.42. The third-order valence-electron chi connectivity index (χ3n) is 4.62. The van der Waals surface area contributed by atoms with E-state index in [1.54, 1.807) is 23.1 Å². The Morgan fingerprint density at radius 2 is 1.86 bits per heavy atom. The van der Waals surface area contributed by atoms with Gasteiger partial charge in [-0.05, 0) is 54.5 Å². The standard InChI is InChI=1S/C21H15Cl3N2O2/c22-15-5-3-14(4-6-15)21-16-9-10-26(12-19(16)25-28-21)20(27)8-2-13-1-7-17(23)18(24)11-13/h1-8,11H,9-10,12H2/b8-2+. The van der Waals surface area contributed by atoms with Crippen molar-refractivity contribution in [2.24, 2.45) is 0 Å². The summed E-state index contributed by atoms with van der Waals surface area (Å²) in [6, 6.07) is 12.7. The fraction of sp³-hybridized carbons (Fsp3) is 0.143. The summed E-state index contributed by atoms with van der Waals surface area (Å²) in [6.07, 6.45) is 3.94. The highest BCUT2D eigenvalue weighted by atomic mass is 35.5. The molecule has 1 aliphatic heterocycles. The Labute approximate surface area is 177 Å². The highest BCUT2D eigenvalue weighted by Crippen LogP contribution is 2.31. The van der Waals surface area contributed by atoms with Crippen molar-refractivity contribution >= 4 is 46.8 Å². The van der Waals surface area contributed by atoms with E-state index in [0.717, 1.165) is 28.1 Å². The summed E-state index contributed by atoms with van der Waals surface area (Å²) < 4.78 is 5.55. The van der Waals surface area contributed by atoms with Crippen molar-refractivity contribution in [2.45, 2.75) is 13.0 Å². The maximum Gasteiger partial charge on any atom is 0.246 e. The number of amides is 1. The SMILES string of the molecule is O=C(/C=C/c1ccc(Cl)c(Cl)c1)N1CCc2c(noc2-c2ccc(Cl)cc2)C1. The normalized spacial score (nSPS) is 13.8. The molecule has 1 aromatic heterocycles. The van der Waals surface area contributed by atoms with Gasteiger partial charge in [0.05, 0.1) is 16.6 Å². The van der Waals surface area contributed by atoms with E-state index in [0.29, 0.717) is 34.6 Å². The highest BCUT2D eigenvalue weighted by Gasteiger charge is 2.26. The number of nitrogens with zero attached hydrogens (tertiary/aromatic N) is 2. The number of rotatable bonds is 3. The van der Waals surface area contributed by atoms with E-state index in [2.05, 4.69) is 5.16 Å². The van der Waals surface area contributed by atoms with Crippen LogP contribution in [0.2, 0.25) is 15.1 Å². The van der Waals surface area contributed by atoms with Crippen molar-refractivity contribution < 1.29 is 9.32 Å². The van der Waals surface area contributed by atoms with Crippen LogP contribution in [-0.2, 0) is 17.8 Å². The minimum absolute atomic E-state index is 0.0900. The van der Waals surface area contributed by atoms with E-state index >= 15 is 0 Å². The molecule has 7 heteroatoms. The van der Waals surface area contributed by atoms with Gasteiger partial charge in [0.15, 0.2) is 5.76 Å². The van der Waals surface area contributed by atoms with Gasteiger partial charge in [-0.15, -0.1) is 0 Å². The number of hydrogen-bond donors (Lipinski definition) is 0. The summed E-state index contributed by atoms with van der Waals surface area (Å²) in [7, 11) is 0. The lowest BCUT2D eigenvalue weighted by atomic mass is 10.0. The van der Waals surface area contributed by atoms with Gasteiger partial charge in [-0.2, -0.15) is 0 Å². The lowest BCUT2D eigenvalue weighted by Crippen LogP contribution is -2.34. The Hall–Kier alpha value is -2.27. The Kier molecular flexibility index (Phi) is 5.44. The monoisotopic (exact) mass is 432 g/mol. The molecule has 28 heavy (non-hydrogen) atoms. The van der Waals surface area contributed by atoms with Crippen LogP contribution >= 0.6 is 34.8 Å². The van der Waals surface area contributed by atoms with Gasteiger partial charge in [-0.1, -0.05) is 46.0 Å². The number of fused-ring (bicyclic) bond motifs is 1. The topological polar surface area (TPSA) is 46.3 Å². The third kappa shape index (κ3) is 3.95. The van der Waals surface area contributed by atoms with Crippen molar-refractivity contribution in [1.82, 2.24) is 10.1 Å². The van der Waals surface area contributed by atoms with Gasteiger partial charge < -0.3 is 9.42 Å². The lowest BCUT2D eigenvalue weighted by Gasteiger charge is -2.24. The van der Waals surface area contributed by atoms with Crippen LogP contribution in [0, 0.1) is 0 Å². The molecule has 0 aliphatic carbocycles. The zero-order valence-electron chi connectivity index (χ0n) is 14.7. The second kappa shape index (κ2) is 8.00. The zero-order chi connectivity index (χ0) is 19.7. The second-order valence-corrected chi connectivity index (χ2v) is 7.71. The van der Waals surface area contributed by atoms with Gasteiger partial charge in [0.1, 0.15) is 5.69 Å². The molecule has 2 aromatic carbocycles. The summed E-state index contributed by atoms with van der Waals surface area (Å²) >= 11 is 17.9. The number of hydrogen-bond acceptors (Lipinski definition) is 3. The molecule has 4 rings (SSSR count). The quantitative estimate of drug-likeness (QED) is 0.483. The lowest BCUT2D eigenvalue weighted by molar-refractivity contribution is -0.126. The van der Waals surface area contributed by atoms with Crippen molar-refractivity contribution in [3.63, 3.8) is 0 Å². The van der Waals surface area contributed by atoms with E-state index in [9.17, 15) is 4.79 Å². The van der Waals surface area contributed by atoms with Crippen LogP contribution in [-0.4, -0.2) is 22.5 Å². The van der Waals surface area contributed by atoms with Crippen molar-refractivity contribution in [3.8, 4) is 11.3 Å². The Morgan fingerprint density at radius 1 is 1.07 bits per heavy atom. The van der Waals surface area contributed by atoms with Crippen LogP contribution in [0.5, 0.6) is 0 Å². The predicted molar refractivity (Wildman–Crippen MR) is 112 cm³/mol.